The second kappa shape index (κ2) is 5.79. The zero-order valence-corrected chi connectivity index (χ0v) is 11.7. The Labute approximate surface area is 119 Å². The molecule has 3 N–H and O–H groups in total. The van der Waals surface area contributed by atoms with E-state index in [0.717, 1.165) is 6.08 Å². The number of hydrogen-bond acceptors (Lipinski definition) is 4. The van der Waals surface area contributed by atoms with Gasteiger partial charge in [-0.2, -0.15) is 0 Å². The van der Waals surface area contributed by atoms with E-state index in [9.17, 15) is 14.2 Å². The molecule has 9 heteroatoms. The van der Waals surface area contributed by atoms with Crippen LogP contribution in [0.3, 0.4) is 0 Å². The van der Waals surface area contributed by atoms with Crippen LogP contribution < -0.4 is 16.0 Å². The van der Waals surface area contributed by atoms with Gasteiger partial charge in [0.2, 0.25) is 0 Å². The highest BCUT2D eigenvalue weighted by molar-refractivity contribution is 7.52. The van der Waals surface area contributed by atoms with Crippen LogP contribution in [-0.4, -0.2) is 27.4 Å². The number of benzene rings is 1. The van der Waals surface area contributed by atoms with Crippen molar-refractivity contribution in [3.8, 4) is 0 Å². The molecule has 1 aliphatic heterocycles. The van der Waals surface area contributed by atoms with Crippen LogP contribution in [0.15, 0.2) is 40.8 Å². The highest BCUT2D eigenvalue weighted by atomic mass is 31.2. The molecule has 0 radical (unpaired) electrons. The Bertz CT molecular complexity index is 783. The molecule has 8 nitrogen and oxygen atoms in total. The molecule has 0 aromatic heterocycles. The Balaban J connectivity index is 2.34. The van der Waals surface area contributed by atoms with Crippen molar-refractivity contribution in [3.63, 3.8) is 0 Å². The Kier molecular flexibility index (Phi) is 4.24. The first-order chi connectivity index (χ1) is 9.82. The molecule has 0 aliphatic carbocycles. The summed E-state index contributed by atoms with van der Waals surface area (Å²) in [5.41, 5.74) is 0.498. The molecule has 21 heavy (non-hydrogen) atoms. The molecule has 0 bridgehead atoms. The van der Waals surface area contributed by atoms with Crippen LogP contribution in [-0.2, 0) is 20.7 Å². The second-order valence-corrected chi connectivity index (χ2v) is 6.00. The summed E-state index contributed by atoms with van der Waals surface area (Å²) < 4.78 is 11.2. The van der Waals surface area contributed by atoms with Gasteiger partial charge in [0.15, 0.2) is 0 Å². The first kappa shape index (κ1) is 15.4. The van der Waals surface area contributed by atoms with Crippen LogP contribution in [0.25, 0.3) is 0 Å². The van der Waals surface area contributed by atoms with E-state index < -0.39 is 25.2 Å². The Morgan fingerprint density at radius 1 is 1.29 bits per heavy atom. The summed E-state index contributed by atoms with van der Waals surface area (Å²) in [4.78, 5) is 47.9. The Morgan fingerprint density at radius 2 is 1.95 bits per heavy atom. The van der Waals surface area contributed by atoms with Crippen molar-refractivity contribution in [2.75, 3.05) is 0 Å². The van der Waals surface area contributed by atoms with Crippen LogP contribution >= 0.6 is 7.60 Å². The second-order valence-electron chi connectivity index (χ2n) is 4.27. The third kappa shape index (κ3) is 3.37. The maximum atomic E-state index is 11.3. The maximum absolute atomic E-state index is 11.3. The van der Waals surface area contributed by atoms with Gasteiger partial charge in [-0.15, -0.1) is 6.58 Å². The van der Waals surface area contributed by atoms with Gasteiger partial charge in [-0.05, 0) is 11.6 Å². The monoisotopic (exact) mass is 309 g/mol. The minimum atomic E-state index is -4.37. The highest BCUT2D eigenvalue weighted by Crippen LogP contribution is 2.40. The van der Waals surface area contributed by atoms with Crippen LogP contribution in [0, 0.1) is 0 Å². The summed E-state index contributed by atoms with van der Waals surface area (Å²) >= 11 is 0. The predicted molar refractivity (Wildman–Crippen MR) is 71.6 cm³/mol. The number of hydrogen-bond donors (Lipinski definition) is 3. The van der Waals surface area contributed by atoms with Gasteiger partial charge in [0.05, 0.1) is 10.7 Å². The topological polar surface area (TPSA) is 128 Å². The van der Waals surface area contributed by atoms with E-state index in [4.69, 9.17) is 9.79 Å². The fourth-order valence-electron chi connectivity index (χ4n) is 1.80. The number of fused-ring (bicyclic) bond motifs is 1. The van der Waals surface area contributed by atoms with Gasteiger partial charge < -0.3 is 9.79 Å². The van der Waals surface area contributed by atoms with Crippen molar-refractivity contribution in [3.05, 3.63) is 47.1 Å². The lowest BCUT2D eigenvalue weighted by atomic mass is 10.2. The summed E-state index contributed by atoms with van der Waals surface area (Å²) in [6, 6.07) is 4.76. The van der Waals surface area contributed by atoms with Gasteiger partial charge in [-0.1, -0.05) is 18.2 Å². The standard InChI is InChI=1S/C12H12N3O5P/c1-2-9(21(18,19)20)13-6-7-4-3-5-8-10(7)15-12(17)11(16)14-8/h2-5,9,13H,1,6H2,(H2,18,19,20). The molecule has 1 aromatic carbocycles. The third-order valence-corrected chi connectivity index (χ3v) is 3.92. The molecule has 1 atom stereocenters. The van der Waals surface area contributed by atoms with E-state index >= 15 is 0 Å². The zero-order chi connectivity index (χ0) is 15.6. The normalized spacial score (nSPS) is 15.7. The predicted octanol–water partition coefficient (Wildman–Crippen LogP) is -1.23. The largest absolute Gasteiger partial charge is 0.346 e. The minimum absolute atomic E-state index is 0.0332. The molecule has 1 unspecified atom stereocenters. The summed E-state index contributed by atoms with van der Waals surface area (Å²) in [6.07, 6.45) is 1.10. The van der Waals surface area contributed by atoms with Gasteiger partial charge in [0.1, 0.15) is 5.78 Å². The van der Waals surface area contributed by atoms with Crippen LogP contribution in [0.1, 0.15) is 5.56 Å². The first-order valence-electron chi connectivity index (χ1n) is 5.87. The molecular weight excluding hydrogens is 297 g/mol. The number of nitrogens with one attached hydrogen (secondary N) is 1. The molecule has 110 valence electrons. The van der Waals surface area contributed by atoms with Gasteiger partial charge in [0.25, 0.3) is 0 Å². The van der Waals surface area contributed by atoms with Crippen molar-refractivity contribution in [1.82, 2.24) is 5.32 Å². The molecule has 1 aromatic rings. The van der Waals surface area contributed by atoms with E-state index in [0.29, 0.717) is 5.56 Å². The lowest BCUT2D eigenvalue weighted by Gasteiger charge is -2.16. The lowest BCUT2D eigenvalue weighted by Crippen LogP contribution is -2.39. The number of rotatable bonds is 5. The zero-order valence-electron chi connectivity index (χ0n) is 10.8. The van der Waals surface area contributed by atoms with Crippen molar-refractivity contribution in [2.24, 2.45) is 9.98 Å². The minimum Gasteiger partial charge on any atom is -0.323 e. The van der Waals surface area contributed by atoms with Crippen LogP contribution in [0.4, 0.5) is 0 Å². The van der Waals surface area contributed by atoms with Crippen molar-refractivity contribution in [1.29, 1.82) is 0 Å². The summed E-state index contributed by atoms with van der Waals surface area (Å²) in [5.74, 6) is -3.12. The van der Waals surface area contributed by atoms with Crippen LogP contribution in [0.5, 0.6) is 0 Å². The van der Waals surface area contributed by atoms with Gasteiger partial charge in [0, 0.05) is 6.54 Å². The van der Waals surface area contributed by atoms with Gasteiger partial charge in [-0.3, -0.25) is 19.5 Å². The smallest absolute Gasteiger partial charge is 0.323 e. The van der Waals surface area contributed by atoms with Crippen molar-refractivity contribution in [2.45, 2.75) is 12.3 Å². The van der Waals surface area contributed by atoms with E-state index in [1.54, 1.807) is 12.1 Å². The number of amides is 2. The molecular formula is C12H12N3O5P. The molecule has 0 fully saturated rings. The fraction of sp³-hybridized carbons (Fsp3) is 0.167. The fourth-order valence-corrected chi connectivity index (χ4v) is 2.40. The maximum Gasteiger partial charge on any atom is 0.346 e. The molecule has 0 spiro atoms. The van der Waals surface area contributed by atoms with Crippen LogP contribution in [0.2, 0.25) is 0 Å². The van der Waals surface area contributed by atoms with E-state index in [-0.39, 0.29) is 17.3 Å². The molecule has 2 rings (SSSR count). The Hall–Kier alpha value is -1.99. The molecule has 1 heterocycles. The first-order valence-corrected chi connectivity index (χ1v) is 7.56. The summed E-state index contributed by atoms with van der Waals surface area (Å²) in [7, 11) is -4.37. The number of carbonyl (C=O) groups excluding carboxylic acids is 2. The van der Waals surface area contributed by atoms with Gasteiger partial charge in [-0.25, -0.2) is 9.98 Å². The average molecular weight is 309 g/mol. The number of carbonyl (C=O) groups is 2. The van der Waals surface area contributed by atoms with E-state index in [1.807, 2.05) is 0 Å². The molecule has 2 amide bonds. The molecule has 0 saturated heterocycles. The number of nitrogens with zero attached hydrogens (tertiary/aromatic N) is 2. The van der Waals surface area contributed by atoms with Crippen molar-refractivity contribution < 1.29 is 23.9 Å². The SMILES string of the molecule is C=CC(NCc1cccc2c1=NC(=O)C(=O)N=2)P(=O)(O)O. The average Bonchev–Trinajstić information content (AvgIpc) is 2.39. The molecule has 1 aliphatic rings. The number of para-hydroxylation sites is 1. The van der Waals surface area contributed by atoms with Crippen molar-refractivity contribution >= 4 is 19.4 Å². The Morgan fingerprint density at radius 3 is 2.57 bits per heavy atom. The lowest BCUT2D eigenvalue weighted by molar-refractivity contribution is -0.135. The quantitative estimate of drug-likeness (QED) is 0.355. The highest BCUT2D eigenvalue weighted by Gasteiger charge is 2.25. The third-order valence-electron chi connectivity index (χ3n) is 2.80. The van der Waals surface area contributed by atoms with E-state index in [2.05, 4.69) is 21.9 Å². The molecule has 0 saturated carbocycles. The summed E-state index contributed by atoms with van der Waals surface area (Å²) in [5, 5.41) is 3.10. The summed E-state index contributed by atoms with van der Waals surface area (Å²) in [6.45, 7) is 3.39. The van der Waals surface area contributed by atoms with Gasteiger partial charge >= 0.3 is 19.4 Å². The van der Waals surface area contributed by atoms with E-state index in [1.165, 1.54) is 6.07 Å².